The van der Waals surface area contributed by atoms with Crippen LogP contribution in [0.2, 0.25) is 10.0 Å². The van der Waals surface area contributed by atoms with Crippen LogP contribution in [0.3, 0.4) is 0 Å². The van der Waals surface area contributed by atoms with Gasteiger partial charge in [-0.25, -0.2) is 4.98 Å². The third-order valence-electron chi connectivity index (χ3n) is 3.24. The molecule has 0 unspecified atom stereocenters. The molecule has 0 spiro atoms. The summed E-state index contributed by atoms with van der Waals surface area (Å²) in [6.45, 7) is 0.945. The normalized spacial score (nSPS) is 14.1. The van der Waals surface area contributed by atoms with Crippen LogP contribution in [-0.4, -0.2) is 16.6 Å². The first kappa shape index (κ1) is 13.6. The van der Waals surface area contributed by atoms with Crippen molar-refractivity contribution in [1.82, 2.24) is 9.97 Å². The van der Waals surface area contributed by atoms with E-state index in [9.17, 15) is 4.79 Å². The molecule has 1 N–H and O–H groups in total. The number of aromatic amines is 1. The predicted octanol–water partition coefficient (Wildman–Crippen LogP) is 2.74. The van der Waals surface area contributed by atoms with Crippen molar-refractivity contribution in [3.63, 3.8) is 0 Å². The predicted molar refractivity (Wildman–Crippen MR) is 77.5 cm³/mol. The van der Waals surface area contributed by atoms with Gasteiger partial charge < -0.3 is 9.72 Å². The average Bonchev–Trinajstić information content (AvgIpc) is 2.43. The molecule has 2 aromatic rings. The molecule has 104 valence electrons. The molecule has 0 radical (unpaired) electrons. The summed E-state index contributed by atoms with van der Waals surface area (Å²) < 4.78 is 5.27. The maximum absolute atomic E-state index is 12.0. The second-order valence-corrected chi connectivity index (χ2v) is 5.48. The fourth-order valence-corrected chi connectivity index (χ4v) is 2.54. The number of halogens is 2. The van der Waals surface area contributed by atoms with E-state index in [1.807, 2.05) is 6.07 Å². The summed E-state index contributed by atoms with van der Waals surface area (Å²) in [5, 5.41) is 1.01. The van der Waals surface area contributed by atoms with Gasteiger partial charge in [-0.15, -0.1) is 0 Å². The summed E-state index contributed by atoms with van der Waals surface area (Å²) in [4.78, 5) is 19.3. The lowest BCUT2D eigenvalue weighted by atomic mass is 10.1. The zero-order valence-electron chi connectivity index (χ0n) is 10.6. The van der Waals surface area contributed by atoms with E-state index in [2.05, 4.69) is 9.97 Å². The summed E-state index contributed by atoms with van der Waals surface area (Å²) in [5.41, 5.74) is 2.29. The molecule has 4 nitrogen and oxygen atoms in total. The topological polar surface area (TPSA) is 55.0 Å². The standard InChI is InChI=1S/C14H12Cl2N2O2/c15-10-2-1-8(5-11(10)16)6-13-17-12-3-4-20-7-9(12)14(19)18-13/h1-2,5H,3-4,6-7H2,(H,17,18,19). The monoisotopic (exact) mass is 310 g/mol. The van der Waals surface area contributed by atoms with Crippen molar-refractivity contribution in [2.75, 3.05) is 6.61 Å². The maximum atomic E-state index is 12.0. The van der Waals surface area contributed by atoms with E-state index < -0.39 is 0 Å². The van der Waals surface area contributed by atoms with Gasteiger partial charge in [0.25, 0.3) is 5.56 Å². The number of H-pyrrole nitrogens is 1. The van der Waals surface area contributed by atoms with Gasteiger partial charge in [-0.2, -0.15) is 0 Å². The zero-order chi connectivity index (χ0) is 14.1. The van der Waals surface area contributed by atoms with Crippen molar-refractivity contribution >= 4 is 23.2 Å². The van der Waals surface area contributed by atoms with Gasteiger partial charge in [0.05, 0.1) is 34.5 Å². The highest BCUT2D eigenvalue weighted by molar-refractivity contribution is 6.42. The number of fused-ring (bicyclic) bond motifs is 1. The first-order valence-electron chi connectivity index (χ1n) is 6.26. The molecule has 0 aliphatic carbocycles. The Labute approximate surface area is 125 Å². The molecule has 1 aliphatic rings. The van der Waals surface area contributed by atoms with Gasteiger partial charge in [-0.05, 0) is 17.7 Å². The van der Waals surface area contributed by atoms with Crippen molar-refractivity contribution in [2.45, 2.75) is 19.4 Å². The summed E-state index contributed by atoms with van der Waals surface area (Å²) >= 11 is 11.9. The van der Waals surface area contributed by atoms with E-state index >= 15 is 0 Å². The number of rotatable bonds is 2. The third-order valence-corrected chi connectivity index (χ3v) is 3.97. The Bertz CT molecular complexity index is 713. The van der Waals surface area contributed by atoms with Gasteiger partial charge in [-0.3, -0.25) is 4.79 Å². The van der Waals surface area contributed by atoms with Crippen LogP contribution in [0.4, 0.5) is 0 Å². The van der Waals surface area contributed by atoms with Gasteiger partial charge in [-0.1, -0.05) is 29.3 Å². The number of ether oxygens (including phenoxy) is 1. The highest BCUT2D eigenvalue weighted by atomic mass is 35.5. The van der Waals surface area contributed by atoms with Gasteiger partial charge in [0.1, 0.15) is 5.82 Å². The number of benzene rings is 1. The molecular weight excluding hydrogens is 299 g/mol. The van der Waals surface area contributed by atoms with E-state index in [-0.39, 0.29) is 5.56 Å². The van der Waals surface area contributed by atoms with Gasteiger partial charge in [0.15, 0.2) is 0 Å². The minimum absolute atomic E-state index is 0.121. The maximum Gasteiger partial charge on any atom is 0.256 e. The fraction of sp³-hybridized carbons (Fsp3) is 0.286. The lowest BCUT2D eigenvalue weighted by Crippen LogP contribution is -2.25. The SMILES string of the molecule is O=c1[nH]c(Cc2ccc(Cl)c(Cl)c2)nc2c1COCC2. The van der Waals surface area contributed by atoms with Crippen LogP contribution in [0, 0.1) is 0 Å². The van der Waals surface area contributed by atoms with E-state index in [1.165, 1.54) is 0 Å². The summed E-state index contributed by atoms with van der Waals surface area (Å²) in [5.74, 6) is 0.633. The van der Waals surface area contributed by atoms with Crippen LogP contribution < -0.4 is 5.56 Å². The number of nitrogens with zero attached hydrogens (tertiary/aromatic N) is 1. The molecule has 0 saturated carbocycles. The van der Waals surface area contributed by atoms with Crippen LogP contribution in [0.5, 0.6) is 0 Å². The molecule has 1 aliphatic heterocycles. The quantitative estimate of drug-likeness (QED) is 0.928. The first-order valence-corrected chi connectivity index (χ1v) is 7.01. The van der Waals surface area contributed by atoms with E-state index in [0.717, 1.165) is 11.3 Å². The Balaban J connectivity index is 1.93. The number of hydrogen-bond donors (Lipinski definition) is 1. The molecule has 3 rings (SSSR count). The molecule has 0 fully saturated rings. The number of hydrogen-bond acceptors (Lipinski definition) is 3. The molecule has 2 heterocycles. The molecule has 0 atom stereocenters. The van der Waals surface area contributed by atoms with Crippen molar-refractivity contribution in [2.24, 2.45) is 0 Å². The van der Waals surface area contributed by atoms with Crippen LogP contribution in [0.25, 0.3) is 0 Å². The van der Waals surface area contributed by atoms with Crippen LogP contribution in [0.15, 0.2) is 23.0 Å². The van der Waals surface area contributed by atoms with E-state index in [1.54, 1.807) is 12.1 Å². The smallest absolute Gasteiger partial charge is 0.256 e. The molecule has 0 saturated heterocycles. The molecule has 0 amide bonds. The Kier molecular flexibility index (Phi) is 3.78. The summed E-state index contributed by atoms with van der Waals surface area (Å²) in [7, 11) is 0. The fourth-order valence-electron chi connectivity index (χ4n) is 2.22. The Morgan fingerprint density at radius 3 is 2.95 bits per heavy atom. The minimum Gasteiger partial charge on any atom is -0.376 e. The second kappa shape index (κ2) is 5.56. The third kappa shape index (κ3) is 2.73. The van der Waals surface area contributed by atoms with Crippen molar-refractivity contribution in [1.29, 1.82) is 0 Å². The van der Waals surface area contributed by atoms with Crippen LogP contribution >= 0.6 is 23.2 Å². The van der Waals surface area contributed by atoms with E-state index in [0.29, 0.717) is 47.5 Å². The van der Waals surface area contributed by atoms with Crippen molar-refractivity contribution in [3.05, 3.63) is 61.2 Å². The first-order chi connectivity index (χ1) is 9.63. The molecule has 0 bridgehead atoms. The number of aromatic nitrogens is 2. The highest BCUT2D eigenvalue weighted by Crippen LogP contribution is 2.23. The molecule has 1 aromatic heterocycles. The lowest BCUT2D eigenvalue weighted by molar-refractivity contribution is 0.108. The van der Waals surface area contributed by atoms with Gasteiger partial charge >= 0.3 is 0 Å². The lowest BCUT2D eigenvalue weighted by Gasteiger charge is -2.15. The summed E-state index contributed by atoms with van der Waals surface area (Å²) in [6, 6.07) is 5.40. The van der Waals surface area contributed by atoms with Gasteiger partial charge in [0, 0.05) is 12.8 Å². The summed E-state index contributed by atoms with van der Waals surface area (Å²) in [6.07, 6.45) is 1.19. The Morgan fingerprint density at radius 1 is 1.30 bits per heavy atom. The number of nitrogens with one attached hydrogen (secondary N) is 1. The van der Waals surface area contributed by atoms with Crippen molar-refractivity contribution < 1.29 is 4.74 Å². The molecular formula is C14H12Cl2N2O2. The van der Waals surface area contributed by atoms with E-state index in [4.69, 9.17) is 27.9 Å². The second-order valence-electron chi connectivity index (χ2n) is 4.67. The van der Waals surface area contributed by atoms with Crippen LogP contribution in [0.1, 0.15) is 22.6 Å². The molecule has 20 heavy (non-hydrogen) atoms. The Morgan fingerprint density at radius 2 is 2.15 bits per heavy atom. The van der Waals surface area contributed by atoms with Gasteiger partial charge in [0.2, 0.25) is 0 Å². The van der Waals surface area contributed by atoms with Crippen molar-refractivity contribution in [3.8, 4) is 0 Å². The Hall–Kier alpha value is -1.36. The highest BCUT2D eigenvalue weighted by Gasteiger charge is 2.16. The molecule has 6 heteroatoms. The average molecular weight is 311 g/mol. The largest absolute Gasteiger partial charge is 0.376 e. The zero-order valence-corrected chi connectivity index (χ0v) is 12.1. The molecule has 1 aromatic carbocycles. The van der Waals surface area contributed by atoms with Crippen LogP contribution in [-0.2, 0) is 24.2 Å². The minimum atomic E-state index is -0.121.